The molecule has 5 unspecified atom stereocenters. The molecule has 40 heavy (non-hydrogen) atoms. The number of carbonyl (C=O) groups is 4. The second-order valence-electron chi connectivity index (χ2n) is 10.1. The first-order chi connectivity index (χ1) is 18.8. The second-order valence-corrected chi connectivity index (χ2v) is 10.1. The highest BCUT2D eigenvalue weighted by atomic mass is 16.6. The number of nitrogens with zero attached hydrogens (tertiary/aromatic N) is 1. The van der Waals surface area contributed by atoms with Gasteiger partial charge in [0.05, 0.1) is 30.3 Å². The molecule has 1 aromatic rings. The number of fused-ring (bicyclic) bond motifs is 1. The van der Waals surface area contributed by atoms with Crippen molar-refractivity contribution in [3.63, 3.8) is 0 Å². The van der Waals surface area contributed by atoms with Crippen LogP contribution in [0.5, 0.6) is 11.5 Å². The third kappa shape index (κ3) is 5.25. The number of aliphatic hydroxyl groups is 1. The number of ether oxygens (including phenoxy) is 3. The Balaban J connectivity index is 0.00000216. The van der Waals surface area contributed by atoms with E-state index in [2.05, 4.69) is 0 Å². The van der Waals surface area contributed by atoms with Crippen molar-refractivity contribution in [1.82, 2.24) is 4.90 Å². The quantitative estimate of drug-likeness (QED) is 0.339. The number of benzene rings is 1. The Hall–Kier alpha value is -3.64. The first-order valence-corrected chi connectivity index (χ1v) is 13.3. The maximum Gasteiger partial charge on any atom is 0.353 e. The smallest absolute Gasteiger partial charge is 0.353 e. The molecule has 2 aliphatic heterocycles. The van der Waals surface area contributed by atoms with Crippen LogP contribution in [0.25, 0.3) is 0 Å². The molecule has 220 valence electrons. The molecule has 2 heterocycles. The number of rotatable bonds is 8. The van der Waals surface area contributed by atoms with E-state index < -0.39 is 66.4 Å². The highest BCUT2D eigenvalue weighted by Crippen LogP contribution is 2.62. The number of aromatic hydroxyl groups is 1. The van der Waals surface area contributed by atoms with Crippen LogP contribution in [0, 0.1) is 6.92 Å². The standard InChI is InChI=1S/C26H31NO11.C2H6/c1-13-4-5-15(28)22-21(13)25-10-11-27(3)14(2)26(25,35)9-8-16(23(25)38-22)37-24(34)17(12-19(31)32)36-20(33)7-6-18(29)30;1-2/h4-5,8,14,17,23,28,35H,6-7,9-12H2,1-3H3,(H,29,30)(H,31,32);1-2H3. The summed E-state index contributed by atoms with van der Waals surface area (Å²) in [7, 11) is 1.89. The van der Waals surface area contributed by atoms with Crippen LogP contribution in [-0.4, -0.2) is 86.6 Å². The Kier molecular flexibility index (Phi) is 9.15. The van der Waals surface area contributed by atoms with Crippen molar-refractivity contribution >= 4 is 23.9 Å². The number of phenolic OH excluding ortho intramolecular Hbond substituents is 1. The number of carboxylic acid groups (broad SMARTS) is 2. The average molecular weight is 564 g/mol. The van der Waals surface area contributed by atoms with Gasteiger partial charge in [-0.25, -0.2) is 4.79 Å². The van der Waals surface area contributed by atoms with Crippen LogP contribution in [0.2, 0.25) is 0 Å². The molecule has 12 nitrogen and oxygen atoms in total. The predicted molar refractivity (Wildman–Crippen MR) is 140 cm³/mol. The number of hydrogen-bond donors (Lipinski definition) is 4. The number of piperidine rings is 1. The summed E-state index contributed by atoms with van der Waals surface area (Å²) in [5.74, 6) is -4.88. The lowest BCUT2D eigenvalue weighted by Crippen LogP contribution is -2.71. The molecular weight excluding hydrogens is 526 g/mol. The lowest BCUT2D eigenvalue weighted by atomic mass is 9.54. The van der Waals surface area contributed by atoms with Gasteiger partial charge in [0.25, 0.3) is 0 Å². The van der Waals surface area contributed by atoms with E-state index in [0.717, 1.165) is 5.56 Å². The van der Waals surface area contributed by atoms with Crippen molar-refractivity contribution in [1.29, 1.82) is 0 Å². The Morgan fingerprint density at radius 3 is 2.45 bits per heavy atom. The number of esters is 2. The molecule has 0 radical (unpaired) electrons. The third-order valence-corrected chi connectivity index (χ3v) is 7.99. The van der Waals surface area contributed by atoms with Gasteiger partial charge >= 0.3 is 23.9 Å². The number of aliphatic carboxylic acids is 2. The molecule has 0 aromatic heterocycles. The molecule has 1 saturated heterocycles. The monoisotopic (exact) mass is 563 g/mol. The van der Waals surface area contributed by atoms with Crippen LogP contribution in [0.4, 0.5) is 0 Å². The van der Waals surface area contributed by atoms with E-state index in [1.807, 2.05) is 39.6 Å². The molecule has 1 spiro atoms. The predicted octanol–water partition coefficient (Wildman–Crippen LogP) is 2.26. The molecule has 5 atom stereocenters. The van der Waals surface area contributed by atoms with Crippen LogP contribution in [0.15, 0.2) is 24.0 Å². The van der Waals surface area contributed by atoms with E-state index in [1.165, 1.54) is 12.1 Å². The summed E-state index contributed by atoms with van der Waals surface area (Å²) in [5.41, 5.74) is -1.07. The number of carbonyl (C=O) groups excluding carboxylic acids is 2. The SMILES string of the molecule is CC.Cc1ccc(O)c2c1C13CCN(C)C(C)C1(O)CC=C(OC(=O)C(CC(=O)O)OC(=O)CCC(=O)O)C3O2. The van der Waals surface area contributed by atoms with Gasteiger partial charge in [-0.3, -0.25) is 14.4 Å². The topological polar surface area (TPSA) is 180 Å². The first kappa shape index (κ1) is 30.9. The zero-order valence-electron chi connectivity index (χ0n) is 23.3. The van der Waals surface area contributed by atoms with Gasteiger partial charge in [-0.2, -0.15) is 0 Å². The first-order valence-electron chi connectivity index (χ1n) is 13.3. The summed E-state index contributed by atoms with van der Waals surface area (Å²) in [6.45, 7) is 8.30. The van der Waals surface area contributed by atoms with Crippen molar-refractivity contribution in [3.8, 4) is 11.5 Å². The van der Waals surface area contributed by atoms with Crippen LogP contribution in [0.3, 0.4) is 0 Å². The number of aryl methyl sites for hydroxylation is 1. The van der Waals surface area contributed by atoms with Gasteiger partial charge in [-0.1, -0.05) is 19.9 Å². The molecule has 0 saturated carbocycles. The summed E-state index contributed by atoms with van der Waals surface area (Å²) >= 11 is 0. The fourth-order valence-electron chi connectivity index (χ4n) is 5.95. The largest absolute Gasteiger partial charge is 0.504 e. The van der Waals surface area contributed by atoms with Crippen LogP contribution in [-0.2, 0) is 34.1 Å². The van der Waals surface area contributed by atoms with Gasteiger partial charge in [-0.15, -0.1) is 0 Å². The Bertz CT molecular complexity index is 1210. The number of likely N-dealkylation sites (tertiary alicyclic amines) is 1. The number of hydrogen-bond acceptors (Lipinski definition) is 10. The minimum atomic E-state index is -1.83. The minimum Gasteiger partial charge on any atom is -0.504 e. The second kappa shape index (κ2) is 11.8. The van der Waals surface area contributed by atoms with E-state index >= 15 is 0 Å². The van der Waals surface area contributed by atoms with Crippen molar-refractivity contribution in [2.24, 2.45) is 0 Å². The maximum atomic E-state index is 13.1. The molecule has 4 rings (SSSR count). The summed E-state index contributed by atoms with van der Waals surface area (Å²) in [6.07, 6.45) is -2.89. The molecule has 1 fully saturated rings. The van der Waals surface area contributed by atoms with Crippen LogP contribution >= 0.6 is 0 Å². The zero-order chi connectivity index (χ0) is 30.0. The van der Waals surface area contributed by atoms with Crippen molar-refractivity contribution < 1.29 is 53.8 Å². The Morgan fingerprint density at radius 1 is 1.15 bits per heavy atom. The lowest BCUT2D eigenvalue weighted by Gasteiger charge is -2.58. The lowest BCUT2D eigenvalue weighted by molar-refractivity contribution is -0.175. The van der Waals surface area contributed by atoms with Crippen molar-refractivity contribution in [3.05, 3.63) is 35.1 Å². The Morgan fingerprint density at radius 2 is 1.82 bits per heavy atom. The van der Waals surface area contributed by atoms with E-state index in [1.54, 1.807) is 6.07 Å². The Labute approximate surface area is 232 Å². The van der Waals surface area contributed by atoms with Crippen LogP contribution < -0.4 is 4.74 Å². The molecule has 1 aromatic carbocycles. The molecule has 0 bridgehead atoms. The molecule has 4 N–H and O–H groups in total. The molecular formula is C28H37NO11. The maximum absolute atomic E-state index is 13.1. The van der Waals surface area contributed by atoms with E-state index in [-0.39, 0.29) is 29.7 Å². The fraction of sp³-hybridized carbons (Fsp3) is 0.571. The fourth-order valence-corrected chi connectivity index (χ4v) is 5.95. The normalized spacial score (nSPS) is 27.3. The minimum absolute atomic E-state index is 0.00315. The summed E-state index contributed by atoms with van der Waals surface area (Å²) < 4.78 is 16.7. The van der Waals surface area contributed by atoms with E-state index in [0.29, 0.717) is 18.5 Å². The summed E-state index contributed by atoms with van der Waals surface area (Å²) in [4.78, 5) is 49.2. The number of likely N-dealkylation sites (N-methyl/N-ethyl adjacent to an activating group) is 1. The molecule has 12 heteroatoms. The van der Waals surface area contributed by atoms with Crippen molar-refractivity contribution in [2.75, 3.05) is 13.6 Å². The van der Waals surface area contributed by atoms with Gasteiger partial charge in [-0.05, 0) is 51.6 Å². The summed E-state index contributed by atoms with van der Waals surface area (Å²) in [5, 5.41) is 40.8. The average Bonchev–Trinajstić information content (AvgIpc) is 3.27. The van der Waals surface area contributed by atoms with Crippen LogP contribution in [0.1, 0.15) is 64.0 Å². The van der Waals surface area contributed by atoms with Gasteiger partial charge < -0.3 is 39.5 Å². The summed E-state index contributed by atoms with van der Waals surface area (Å²) in [6, 6.07) is 2.87. The number of carboxylic acids is 2. The molecule has 0 amide bonds. The molecule has 1 aliphatic carbocycles. The molecule has 3 aliphatic rings. The number of phenols is 1. The van der Waals surface area contributed by atoms with Gasteiger partial charge in [0.2, 0.25) is 6.10 Å². The van der Waals surface area contributed by atoms with E-state index in [4.69, 9.17) is 19.3 Å². The van der Waals surface area contributed by atoms with Gasteiger partial charge in [0.15, 0.2) is 17.6 Å². The highest BCUT2D eigenvalue weighted by Gasteiger charge is 2.69. The van der Waals surface area contributed by atoms with Gasteiger partial charge in [0, 0.05) is 18.0 Å². The van der Waals surface area contributed by atoms with Gasteiger partial charge in [0.1, 0.15) is 5.76 Å². The third-order valence-electron chi connectivity index (χ3n) is 7.99. The zero-order valence-corrected chi connectivity index (χ0v) is 23.3. The van der Waals surface area contributed by atoms with E-state index in [9.17, 15) is 34.5 Å². The highest BCUT2D eigenvalue weighted by molar-refractivity contribution is 5.85. The van der Waals surface area contributed by atoms with Crippen molar-refractivity contribution in [2.45, 2.75) is 89.1 Å².